The van der Waals surface area contributed by atoms with Gasteiger partial charge in [-0.3, -0.25) is 4.79 Å². The molecule has 4 nitrogen and oxygen atoms in total. The Balaban J connectivity index is 1.82. The lowest BCUT2D eigenvalue weighted by atomic mass is 10.2. The molecule has 2 aromatic carbocycles. The van der Waals surface area contributed by atoms with E-state index in [4.69, 9.17) is 0 Å². The van der Waals surface area contributed by atoms with Gasteiger partial charge in [0.2, 0.25) is 0 Å². The summed E-state index contributed by atoms with van der Waals surface area (Å²) >= 11 is 6.76. The molecule has 1 aromatic heterocycles. The van der Waals surface area contributed by atoms with Crippen molar-refractivity contribution < 1.29 is 9.18 Å². The largest absolute Gasteiger partial charge is 0.307 e. The smallest absolute Gasteiger partial charge is 0.258 e. The van der Waals surface area contributed by atoms with Crippen LogP contribution in [-0.2, 0) is 6.54 Å². The van der Waals surface area contributed by atoms with Crippen LogP contribution >= 0.6 is 31.9 Å². The third-order valence-corrected chi connectivity index (χ3v) is 4.87. The van der Waals surface area contributed by atoms with E-state index in [0.717, 1.165) is 10.0 Å². The van der Waals surface area contributed by atoms with Crippen LogP contribution in [-0.4, -0.2) is 15.7 Å². The third-order valence-electron chi connectivity index (χ3n) is 3.41. The molecule has 0 saturated carbocycles. The Morgan fingerprint density at radius 1 is 1.12 bits per heavy atom. The Morgan fingerprint density at radius 2 is 1.92 bits per heavy atom. The van der Waals surface area contributed by atoms with Gasteiger partial charge in [0.25, 0.3) is 5.91 Å². The molecular weight excluding hydrogens is 441 g/mol. The van der Waals surface area contributed by atoms with Crippen LogP contribution in [0.2, 0.25) is 0 Å². The normalized spacial score (nSPS) is 10.6. The van der Waals surface area contributed by atoms with Gasteiger partial charge in [0, 0.05) is 15.0 Å². The Hall–Kier alpha value is -1.99. The van der Waals surface area contributed by atoms with E-state index in [9.17, 15) is 9.18 Å². The zero-order valence-corrected chi connectivity index (χ0v) is 15.5. The quantitative estimate of drug-likeness (QED) is 0.615. The zero-order chi connectivity index (χ0) is 17.1. The molecule has 1 N–H and O–H groups in total. The van der Waals surface area contributed by atoms with Gasteiger partial charge in [-0.2, -0.15) is 5.10 Å². The van der Waals surface area contributed by atoms with Crippen LogP contribution in [0.4, 0.5) is 10.2 Å². The van der Waals surface area contributed by atoms with Gasteiger partial charge in [-0.1, -0.05) is 34.1 Å². The fourth-order valence-corrected chi connectivity index (χ4v) is 3.04. The second-order valence-electron chi connectivity index (χ2n) is 5.04. The molecule has 0 fully saturated rings. The first-order valence-electron chi connectivity index (χ1n) is 7.06. The van der Waals surface area contributed by atoms with Gasteiger partial charge in [0.05, 0.1) is 18.3 Å². The summed E-state index contributed by atoms with van der Waals surface area (Å²) in [5, 5.41) is 7.00. The summed E-state index contributed by atoms with van der Waals surface area (Å²) in [5.41, 5.74) is 1.26. The molecule has 0 aliphatic heterocycles. The summed E-state index contributed by atoms with van der Waals surface area (Å²) in [6, 6.07) is 13.5. The molecule has 1 heterocycles. The minimum absolute atomic E-state index is 0.226. The van der Waals surface area contributed by atoms with Crippen molar-refractivity contribution >= 4 is 43.6 Å². The number of aromatic nitrogens is 2. The highest BCUT2D eigenvalue weighted by Crippen LogP contribution is 2.21. The summed E-state index contributed by atoms with van der Waals surface area (Å²) in [7, 11) is 0. The van der Waals surface area contributed by atoms with E-state index >= 15 is 0 Å². The van der Waals surface area contributed by atoms with Crippen LogP contribution in [0.15, 0.2) is 63.7 Å². The van der Waals surface area contributed by atoms with Crippen LogP contribution in [0.3, 0.4) is 0 Å². The van der Waals surface area contributed by atoms with Crippen molar-refractivity contribution in [2.24, 2.45) is 0 Å². The van der Waals surface area contributed by atoms with Gasteiger partial charge in [-0.25, -0.2) is 9.07 Å². The Bertz CT molecular complexity index is 895. The van der Waals surface area contributed by atoms with Crippen molar-refractivity contribution in [2.75, 3.05) is 5.32 Å². The van der Waals surface area contributed by atoms with Crippen molar-refractivity contribution in [3.8, 4) is 0 Å². The summed E-state index contributed by atoms with van der Waals surface area (Å²) in [4.78, 5) is 12.4. The summed E-state index contributed by atoms with van der Waals surface area (Å²) < 4.78 is 16.5. The minimum Gasteiger partial charge on any atom is -0.307 e. The maximum atomic E-state index is 13.4. The molecule has 24 heavy (non-hydrogen) atoms. The standard InChI is InChI=1S/C17H12Br2FN3O/c18-14-4-2-1-3-11(14)10-23-16(7-8-21-23)22-17(24)13-9-12(20)5-6-15(13)19/h1-9H,10H2,(H,22,24). The number of nitrogens with one attached hydrogen (secondary N) is 1. The molecule has 0 radical (unpaired) electrons. The number of anilines is 1. The molecule has 3 aromatic rings. The van der Waals surface area contributed by atoms with Crippen molar-refractivity contribution in [3.63, 3.8) is 0 Å². The highest BCUT2D eigenvalue weighted by molar-refractivity contribution is 9.10. The van der Waals surface area contributed by atoms with Crippen LogP contribution in [0.1, 0.15) is 15.9 Å². The maximum absolute atomic E-state index is 13.4. The third kappa shape index (κ3) is 3.73. The zero-order valence-electron chi connectivity index (χ0n) is 12.3. The van der Waals surface area contributed by atoms with Gasteiger partial charge in [0.15, 0.2) is 0 Å². The Kier molecular flexibility index (Phi) is 5.11. The second kappa shape index (κ2) is 7.27. The van der Waals surface area contributed by atoms with Crippen molar-refractivity contribution in [3.05, 3.63) is 80.6 Å². The molecule has 0 spiro atoms. The maximum Gasteiger partial charge on any atom is 0.258 e. The number of hydrogen-bond acceptors (Lipinski definition) is 2. The molecule has 0 bridgehead atoms. The lowest BCUT2D eigenvalue weighted by Crippen LogP contribution is -2.17. The van der Waals surface area contributed by atoms with Crippen molar-refractivity contribution in [2.45, 2.75) is 6.54 Å². The topological polar surface area (TPSA) is 46.9 Å². The highest BCUT2D eigenvalue weighted by atomic mass is 79.9. The molecule has 122 valence electrons. The molecular formula is C17H12Br2FN3O. The molecule has 3 rings (SSSR count). The molecule has 1 amide bonds. The predicted molar refractivity (Wildman–Crippen MR) is 97.5 cm³/mol. The van der Waals surface area contributed by atoms with Crippen molar-refractivity contribution in [1.82, 2.24) is 9.78 Å². The van der Waals surface area contributed by atoms with E-state index in [2.05, 4.69) is 42.3 Å². The first-order chi connectivity index (χ1) is 11.5. The monoisotopic (exact) mass is 451 g/mol. The average molecular weight is 453 g/mol. The van der Waals surface area contributed by atoms with E-state index in [1.165, 1.54) is 18.2 Å². The summed E-state index contributed by atoms with van der Waals surface area (Å²) in [6.07, 6.45) is 1.60. The second-order valence-corrected chi connectivity index (χ2v) is 6.75. The molecule has 0 aliphatic rings. The Labute approximate surface area is 154 Å². The average Bonchev–Trinajstić information content (AvgIpc) is 2.99. The fourth-order valence-electron chi connectivity index (χ4n) is 2.21. The lowest BCUT2D eigenvalue weighted by Gasteiger charge is -2.11. The molecule has 0 atom stereocenters. The number of hydrogen-bond donors (Lipinski definition) is 1. The van der Waals surface area contributed by atoms with Gasteiger partial charge < -0.3 is 5.32 Å². The number of nitrogens with zero attached hydrogens (tertiary/aromatic N) is 2. The van der Waals surface area contributed by atoms with E-state index in [1.54, 1.807) is 16.9 Å². The first-order valence-corrected chi connectivity index (χ1v) is 8.65. The first kappa shape index (κ1) is 16.9. The number of carbonyl (C=O) groups excluding carboxylic acids is 1. The van der Waals surface area contributed by atoms with Gasteiger partial charge >= 0.3 is 0 Å². The van der Waals surface area contributed by atoms with Gasteiger partial charge in [-0.15, -0.1) is 0 Å². The van der Waals surface area contributed by atoms with Crippen LogP contribution < -0.4 is 5.32 Å². The lowest BCUT2D eigenvalue weighted by molar-refractivity contribution is 0.102. The van der Waals surface area contributed by atoms with E-state index in [1.807, 2.05) is 24.3 Å². The summed E-state index contributed by atoms with van der Waals surface area (Å²) in [6.45, 7) is 0.494. The molecule has 0 saturated heterocycles. The number of halogens is 3. The van der Waals surface area contributed by atoms with Crippen LogP contribution in [0.25, 0.3) is 0 Å². The van der Waals surface area contributed by atoms with Crippen LogP contribution in [0.5, 0.6) is 0 Å². The van der Waals surface area contributed by atoms with E-state index < -0.39 is 11.7 Å². The molecule has 0 aliphatic carbocycles. The highest BCUT2D eigenvalue weighted by Gasteiger charge is 2.14. The van der Waals surface area contributed by atoms with Crippen LogP contribution in [0, 0.1) is 5.82 Å². The van der Waals surface area contributed by atoms with Crippen molar-refractivity contribution in [1.29, 1.82) is 0 Å². The van der Waals surface area contributed by atoms with E-state index in [0.29, 0.717) is 16.8 Å². The molecule has 7 heteroatoms. The number of amides is 1. The number of carbonyl (C=O) groups is 1. The number of benzene rings is 2. The van der Waals surface area contributed by atoms with Gasteiger partial charge in [-0.05, 0) is 45.8 Å². The van der Waals surface area contributed by atoms with E-state index in [-0.39, 0.29) is 5.56 Å². The Morgan fingerprint density at radius 3 is 2.71 bits per heavy atom. The summed E-state index contributed by atoms with van der Waals surface area (Å²) in [5.74, 6) is -0.341. The SMILES string of the molecule is O=C(Nc1ccnn1Cc1ccccc1Br)c1cc(F)ccc1Br. The fraction of sp³-hybridized carbons (Fsp3) is 0.0588. The van der Waals surface area contributed by atoms with Gasteiger partial charge in [0.1, 0.15) is 11.6 Å². The molecule has 0 unspecified atom stereocenters. The predicted octanol–water partition coefficient (Wildman–Crippen LogP) is 4.85. The minimum atomic E-state index is -0.468. The number of rotatable bonds is 4.